The molecule has 0 spiro atoms. The van der Waals surface area contributed by atoms with Gasteiger partial charge in [0.2, 0.25) is 0 Å². The van der Waals surface area contributed by atoms with Crippen LogP contribution >= 0.6 is 0 Å². The molecule has 0 saturated heterocycles. The highest BCUT2D eigenvalue weighted by Gasteiger charge is 2.16. The normalized spacial score (nSPS) is 11.5. The molecule has 4 rings (SSSR count). The fourth-order valence-corrected chi connectivity index (χ4v) is 3.46. The molecular weight excluding hydrogens is 320 g/mol. The summed E-state index contributed by atoms with van der Waals surface area (Å²) >= 11 is 0. The van der Waals surface area contributed by atoms with E-state index in [4.69, 9.17) is 4.74 Å². The third kappa shape index (κ3) is 2.95. The van der Waals surface area contributed by atoms with E-state index in [1.54, 1.807) is 0 Å². The number of hydrogen-bond acceptors (Lipinski definition) is 2. The van der Waals surface area contributed by atoms with Crippen molar-refractivity contribution in [1.82, 2.24) is 9.88 Å². The number of benzene rings is 3. The van der Waals surface area contributed by atoms with Gasteiger partial charge in [0.1, 0.15) is 6.61 Å². The number of rotatable bonds is 5. The third-order valence-corrected chi connectivity index (χ3v) is 4.85. The van der Waals surface area contributed by atoms with Crippen molar-refractivity contribution in [2.75, 3.05) is 27.2 Å². The quantitative estimate of drug-likeness (QED) is 0.536. The molecule has 1 N–H and O–H groups in total. The summed E-state index contributed by atoms with van der Waals surface area (Å²) in [5.41, 5.74) is 5.82. The lowest BCUT2D eigenvalue weighted by atomic mass is 9.98. The van der Waals surface area contributed by atoms with Gasteiger partial charge in [-0.05, 0) is 44.3 Å². The number of para-hydroxylation sites is 1. The second kappa shape index (κ2) is 6.85. The van der Waals surface area contributed by atoms with Crippen molar-refractivity contribution in [2.24, 2.45) is 0 Å². The number of ether oxygens (including phenoxy) is 1. The number of aromatic amines is 1. The molecule has 1 heterocycles. The maximum Gasteiger partial charge on any atom is 0.151 e. The van der Waals surface area contributed by atoms with Gasteiger partial charge in [0.25, 0.3) is 0 Å². The average molecular weight is 344 g/mol. The lowest BCUT2D eigenvalue weighted by molar-refractivity contribution is 0.264. The van der Waals surface area contributed by atoms with Crippen LogP contribution in [0.2, 0.25) is 0 Å². The number of aromatic nitrogens is 1. The van der Waals surface area contributed by atoms with E-state index in [0.29, 0.717) is 6.61 Å². The van der Waals surface area contributed by atoms with Gasteiger partial charge >= 0.3 is 0 Å². The Labute approximate surface area is 154 Å². The van der Waals surface area contributed by atoms with Crippen LogP contribution in [0, 0.1) is 6.92 Å². The molecule has 0 aliphatic carbocycles. The Bertz CT molecular complexity index is 1060. The second-order valence-corrected chi connectivity index (χ2v) is 7.00. The molecule has 3 heteroatoms. The molecule has 0 fully saturated rings. The maximum atomic E-state index is 6.33. The highest BCUT2D eigenvalue weighted by atomic mass is 16.5. The predicted octanol–water partition coefficient (Wildman–Crippen LogP) is 5.24. The third-order valence-electron chi connectivity index (χ3n) is 4.85. The molecule has 0 radical (unpaired) electrons. The standard InChI is InChI=1S/C23H24N2O/c1-16-8-4-5-9-17(16)20-13-12-19-18-10-6-7-11-21(18)24-22(19)23(20)26-15-14-25(2)3/h4-13,24H,14-15H2,1-3H3. The van der Waals surface area contributed by atoms with Crippen molar-refractivity contribution < 1.29 is 4.74 Å². The summed E-state index contributed by atoms with van der Waals surface area (Å²) in [6.07, 6.45) is 0. The maximum absolute atomic E-state index is 6.33. The molecular formula is C23H24N2O. The molecule has 26 heavy (non-hydrogen) atoms. The Kier molecular flexibility index (Phi) is 4.39. The fraction of sp³-hybridized carbons (Fsp3) is 0.217. The first-order chi connectivity index (χ1) is 12.6. The lowest BCUT2D eigenvalue weighted by Gasteiger charge is -2.16. The number of aryl methyl sites for hydroxylation is 1. The van der Waals surface area contributed by atoms with Crippen molar-refractivity contribution in [2.45, 2.75) is 6.92 Å². The number of nitrogens with zero attached hydrogens (tertiary/aromatic N) is 1. The molecule has 3 nitrogen and oxygen atoms in total. The topological polar surface area (TPSA) is 28.3 Å². The van der Waals surface area contributed by atoms with Crippen molar-refractivity contribution in [3.8, 4) is 16.9 Å². The van der Waals surface area contributed by atoms with Crippen molar-refractivity contribution >= 4 is 21.8 Å². The monoisotopic (exact) mass is 344 g/mol. The molecule has 1 aromatic heterocycles. The zero-order chi connectivity index (χ0) is 18.1. The molecule has 0 unspecified atom stereocenters. The van der Waals surface area contributed by atoms with Crippen LogP contribution in [0.25, 0.3) is 32.9 Å². The Hall–Kier alpha value is -2.78. The Morgan fingerprint density at radius 2 is 1.62 bits per heavy atom. The highest BCUT2D eigenvalue weighted by molar-refractivity contribution is 6.11. The number of fused-ring (bicyclic) bond motifs is 3. The van der Waals surface area contributed by atoms with Crippen LogP contribution in [0.5, 0.6) is 5.75 Å². The van der Waals surface area contributed by atoms with Crippen LogP contribution in [0.1, 0.15) is 5.56 Å². The van der Waals surface area contributed by atoms with Gasteiger partial charge in [0.05, 0.1) is 5.52 Å². The van der Waals surface area contributed by atoms with E-state index in [1.165, 1.54) is 21.9 Å². The van der Waals surface area contributed by atoms with Crippen LogP contribution in [0.15, 0.2) is 60.7 Å². The Morgan fingerprint density at radius 3 is 2.42 bits per heavy atom. The second-order valence-electron chi connectivity index (χ2n) is 7.00. The summed E-state index contributed by atoms with van der Waals surface area (Å²) in [6, 6.07) is 21.3. The summed E-state index contributed by atoms with van der Waals surface area (Å²) in [6.45, 7) is 3.68. The molecule has 0 aliphatic heterocycles. The predicted molar refractivity (Wildman–Crippen MR) is 110 cm³/mol. The van der Waals surface area contributed by atoms with Gasteiger partial charge in [0, 0.05) is 28.4 Å². The molecule has 0 atom stereocenters. The summed E-state index contributed by atoms with van der Waals surface area (Å²) in [5.74, 6) is 0.940. The van der Waals surface area contributed by atoms with Gasteiger partial charge in [0.15, 0.2) is 5.75 Å². The SMILES string of the molecule is Cc1ccccc1-c1ccc2c([nH]c3ccccc32)c1OCCN(C)C. The van der Waals surface area contributed by atoms with Crippen LogP contribution < -0.4 is 4.74 Å². The number of H-pyrrole nitrogens is 1. The molecule has 0 bridgehead atoms. The van der Waals surface area contributed by atoms with Crippen molar-refractivity contribution in [3.63, 3.8) is 0 Å². The van der Waals surface area contributed by atoms with Crippen LogP contribution in [0.4, 0.5) is 0 Å². The van der Waals surface area contributed by atoms with Gasteiger partial charge in [-0.25, -0.2) is 0 Å². The first kappa shape index (κ1) is 16.7. The van der Waals surface area contributed by atoms with Gasteiger partial charge in [-0.15, -0.1) is 0 Å². The van der Waals surface area contributed by atoms with E-state index < -0.39 is 0 Å². The molecule has 0 amide bonds. The average Bonchev–Trinajstić information content (AvgIpc) is 3.01. The number of hydrogen-bond donors (Lipinski definition) is 1. The van der Waals surface area contributed by atoms with E-state index in [-0.39, 0.29) is 0 Å². The van der Waals surface area contributed by atoms with E-state index in [2.05, 4.69) is 91.6 Å². The Balaban J connectivity index is 1.93. The zero-order valence-corrected chi connectivity index (χ0v) is 15.5. The van der Waals surface area contributed by atoms with Gasteiger partial charge in [-0.3, -0.25) is 0 Å². The van der Waals surface area contributed by atoms with E-state index in [1.807, 2.05) is 0 Å². The largest absolute Gasteiger partial charge is 0.489 e. The minimum atomic E-state index is 0.653. The summed E-state index contributed by atoms with van der Waals surface area (Å²) in [4.78, 5) is 5.71. The van der Waals surface area contributed by atoms with Crippen LogP contribution in [-0.4, -0.2) is 37.1 Å². The van der Waals surface area contributed by atoms with E-state index >= 15 is 0 Å². The first-order valence-corrected chi connectivity index (χ1v) is 9.02. The van der Waals surface area contributed by atoms with Gasteiger partial charge in [-0.2, -0.15) is 0 Å². The highest BCUT2D eigenvalue weighted by Crippen LogP contribution is 2.40. The minimum absolute atomic E-state index is 0.653. The minimum Gasteiger partial charge on any atom is -0.489 e. The Morgan fingerprint density at radius 1 is 0.846 bits per heavy atom. The molecule has 4 aromatic rings. The summed E-state index contributed by atoms with van der Waals surface area (Å²) < 4.78 is 6.33. The summed E-state index contributed by atoms with van der Waals surface area (Å²) in [7, 11) is 4.13. The smallest absolute Gasteiger partial charge is 0.151 e. The number of likely N-dealkylation sites (N-methyl/N-ethyl adjacent to an activating group) is 1. The molecule has 0 aliphatic rings. The van der Waals surface area contributed by atoms with Crippen LogP contribution in [-0.2, 0) is 0 Å². The van der Waals surface area contributed by atoms with Gasteiger partial charge in [-0.1, -0.05) is 48.5 Å². The van der Waals surface area contributed by atoms with Gasteiger partial charge < -0.3 is 14.6 Å². The first-order valence-electron chi connectivity index (χ1n) is 9.02. The van der Waals surface area contributed by atoms with Crippen molar-refractivity contribution in [3.05, 3.63) is 66.2 Å². The zero-order valence-electron chi connectivity index (χ0n) is 15.5. The summed E-state index contributed by atoms with van der Waals surface area (Å²) in [5, 5.41) is 2.44. The number of nitrogens with one attached hydrogen (secondary N) is 1. The lowest BCUT2D eigenvalue weighted by Crippen LogP contribution is -2.19. The van der Waals surface area contributed by atoms with E-state index in [0.717, 1.165) is 28.9 Å². The van der Waals surface area contributed by atoms with Crippen molar-refractivity contribution in [1.29, 1.82) is 0 Å². The van der Waals surface area contributed by atoms with Crippen LogP contribution in [0.3, 0.4) is 0 Å². The fourth-order valence-electron chi connectivity index (χ4n) is 3.46. The molecule has 132 valence electrons. The van der Waals surface area contributed by atoms with E-state index in [9.17, 15) is 0 Å². The molecule has 3 aromatic carbocycles. The molecule has 0 saturated carbocycles.